The van der Waals surface area contributed by atoms with Crippen LogP contribution in [0.4, 0.5) is 5.69 Å². The Morgan fingerprint density at radius 3 is 2.64 bits per heavy atom. The second-order valence-electron chi connectivity index (χ2n) is 5.85. The van der Waals surface area contributed by atoms with E-state index in [4.69, 9.17) is 0 Å². The Morgan fingerprint density at radius 1 is 1.14 bits per heavy atom. The summed E-state index contributed by atoms with van der Waals surface area (Å²) in [6.07, 6.45) is 2.31. The Labute approximate surface area is 132 Å². The Hall–Kier alpha value is -2.29. The molecule has 0 bridgehead atoms. The highest BCUT2D eigenvalue weighted by atomic mass is 16.1. The van der Waals surface area contributed by atoms with Gasteiger partial charge in [-0.25, -0.2) is 0 Å². The average Bonchev–Trinajstić information content (AvgIpc) is 3.02. The molecule has 1 aliphatic heterocycles. The fraction of sp³-hybridized carbons (Fsp3) is 0.316. The molecular weight excluding hydrogens is 272 g/mol. The zero-order valence-corrected chi connectivity index (χ0v) is 13.0. The topological polar surface area (TPSA) is 32.3 Å². The summed E-state index contributed by atoms with van der Waals surface area (Å²) < 4.78 is 0. The van der Waals surface area contributed by atoms with E-state index in [9.17, 15) is 4.79 Å². The first-order valence-corrected chi connectivity index (χ1v) is 7.91. The summed E-state index contributed by atoms with van der Waals surface area (Å²) in [5, 5.41) is 3.10. The molecule has 1 atom stereocenters. The third-order valence-electron chi connectivity index (χ3n) is 4.35. The number of carbonyl (C=O) groups is 1. The number of amides is 1. The molecular formula is C19H22N2O. The van der Waals surface area contributed by atoms with Gasteiger partial charge < -0.3 is 10.2 Å². The van der Waals surface area contributed by atoms with Gasteiger partial charge in [0.05, 0.1) is 0 Å². The van der Waals surface area contributed by atoms with Crippen LogP contribution < -0.4 is 10.2 Å². The standard InChI is InChI=1S/C19H22N2O/c1-15-8-5-6-12-18(15)19(22)20-14-17-11-7-13-21(17)16-9-3-2-4-10-16/h2-6,8-10,12,17H,7,11,13-14H2,1H3,(H,20,22)/t17-/m0/s1. The van der Waals surface area contributed by atoms with E-state index in [2.05, 4.69) is 34.5 Å². The van der Waals surface area contributed by atoms with Gasteiger partial charge in [-0.1, -0.05) is 36.4 Å². The van der Waals surface area contributed by atoms with Crippen molar-refractivity contribution in [2.24, 2.45) is 0 Å². The van der Waals surface area contributed by atoms with Gasteiger partial charge in [-0.15, -0.1) is 0 Å². The predicted molar refractivity (Wildman–Crippen MR) is 90.3 cm³/mol. The molecule has 1 amide bonds. The van der Waals surface area contributed by atoms with Crippen molar-refractivity contribution < 1.29 is 4.79 Å². The largest absolute Gasteiger partial charge is 0.367 e. The molecule has 3 rings (SSSR count). The van der Waals surface area contributed by atoms with Gasteiger partial charge in [-0.05, 0) is 43.5 Å². The lowest BCUT2D eigenvalue weighted by Crippen LogP contribution is -2.40. The van der Waals surface area contributed by atoms with E-state index in [1.54, 1.807) is 0 Å². The van der Waals surface area contributed by atoms with E-state index in [1.165, 1.54) is 12.1 Å². The molecule has 0 radical (unpaired) electrons. The van der Waals surface area contributed by atoms with Gasteiger partial charge in [0.15, 0.2) is 0 Å². The molecule has 0 spiro atoms. The Kier molecular flexibility index (Phi) is 4.42. The molecule has 1 fully saturated rings. The van der Waals surface area contributed by atoms with E-state index in [1.807, 2.05) is 37.3 Å². The number of carbonyl (C=O) groups excluding carboxylic acids is 1. The molecule has 0 aliphatic carbocycles. The normalized spacial score (nSPS) is 17.5. The maximum Gasteiger partial charge on any atom is 0.251 e. The van der Waals surface area contributed by atoms with Crippen LogP contribution in [0, 0.1) is 6.92 Å². The molecule has 3 heteroatoms. The van der Waals surface area contributed by atoms with Crippen molar-refractivity contribution in [3.63, 3.8) is 0 Å². The van der Waals surface area contributed by atoms with Crippen molar-refractivity contribution in [1.82, 2.24) is 5.32 Å². The summed E-state index contributed by atoms with van der Waals surface area (Å²) in [4.78, 5) is 14.7. The number of rotatable bonds is 4. The number of benzene rings is 2. The van der Waals surface area contributed by atoms with E-state index >= 15 is 0 Å². The molecule has 1 saturated heterocycles. The first-order valence-electron chi connectivity index (χ1n) is 7.91. The summed E-state index contributed by atoms with van der Waals surface area (Å²) >= 11 is 0. The molecule has 0 aromatic heterocycles. The van der Waals surface area contributed by atoms with Crippen LogP contribution in [0.25, 0.3) is 0 Å². The number of anilines is 1. The minimum absolute atomic E-state index is 0.0259. The summed E-state index contributed by atoms with van der Waals surface area (Å²) in [6.45, 7) is 3.73. The molecule has 0 unspecified atom stereocenters. The van der Waals surface area contributed by atoms with Crippen LogP contribution in [-0.4, -0.2) is 25.0 Å². The van der Waals surface area contributed by atoms with Gasteiger partial charge >= 0.3 is 0 Å². The fourth-order valence-corrected chi connectivity index (χ4v) is 3.14. The molecule has 1 aliphatic rings. The van der Waals surface area contributed by atoms with Crippen LogP contribution in [-0.2, 0) is 0 Å². The maximum absolute atomic E-state index is 12.3. The average molecular weight is 294 g/mol. The molecule has 2 aromatic carbocycles. The molecule has 114 valence electrons. The predicted octanol–water partition coefficient (Wildman–Crippen LogP) is 3.39. The maximum atomic E-state index is 12.3. The molecule has 2 aromatic rings. The van der Waals surface area contributed by atoms with Gasteiger partial charge in [-0.3, -0.25) is 4.79 Å². The number of nitrogens with one attached hydrogen (secondary N) is 1. The Balaban J connectivity index is 1.64. The smallest absolute Gasteiger partial charge is 0.251 e. The summed E-state index contributed by atoms with van der Waals surface area (Å²) in [5.41, 5.74) is 3.04. The van der Waals surface area contributed by atoms with Crippen LogP contribution in [0.3, 0.4) is 0 Å². The first-order chi connectivity index (χ1) is 10.8. The van der Waals surface area contributed by atoms with Gasteiger partial charge in [0.2, 0.25) is 0 Å². The second kappa shape index (κ2) is 6.65. The third kappa shape index (κ3) is 3.14. The van der Waals surface area contributed by atoms with Crippen molar-refractivity contribution in [2.75, 3.05) is 18.0 Å². The summed E-state index contributed by atoms with van der Waals surface area (Å²) in [7, 11) is 0. The van der Waals surface area contributed by atoms with Crippen molar-refractivity contribution in [3.05, 3.63) is 65.7 Å². The van der Waals surface area contributed by atoms with Gasteiger partial charge in [-0.2, -0.15) is 0 Å². The molecule has 22 heavy (non-hydrogen) atoms. The number of para-hydroxylation sites is 1. The second-order valence-corrected chi connectivity index (χ2v) is 5.85. The minimum atomic E-state index is 0.0259. The lowest BCUT2D eigenvalue weighted by atomic mass is 10.1. The quantitative estimate of drug-likeness (QED) is 0.937. The monoisotopic (exact) mass is 294 g/mol. The van der Waals surface area contributed by atoms with E-state index < -0.39 is 0 Å². The summed E-state index contributed by atoms with van der Waals surface area (Å²) in [5.74, 6) is 0.0259. The Morgan fingerprint density at radius 2 is 1.86 bits per heavy atom. The molecule has 3 nitrogen and oxygen atoms in total. The number of hydrogen-bond donors (Lipinski definition) is 1. The highest BCUT2D eigenvalue weighted by Crippen LogP contribution is 2.24. The lowest BCUT2D eigenvalue weighted by molar-refractivity contribution is 0.0950. The van der Waals surface area contributed by atoms with Crippen LogP contribution >= 0.6 is 0 Å². The van der Waals surface area contributed by atoms with Crippen LogP contribution in [0.15, 0.2) is 54.6 Å². The van der Waals surface area contributed by atoms with Gasteiger partial charge in [0.1, 0.15) is 0 Å². The van der Waals surface area contributed by atoms with E-state index in [-0.39, 0.29) is 5.91 Å². The van der Waals surface area contributed by atoms with Crippen molar-refractivity contribution in [1.29, 1.82) is 0 Å². The highest BCUT2D eigenvalue weighted by molar-refractivity contribution is 5.95. The summed E-state index contributed by atoms with van der Waals surface area (Å²) in [6, 6.07) is 18.6. The molecule has 1 heterocycles. The van der Waals surface area contributed by atoms with Crippen LogP contribution in [0.1, 0.15) is 28.8 Å². The molecule has 1 N–H and O–H groups in total. The minimum Gasteiger partial charge on any atom is -0.367 e. The van der Waals surface area contributed by atoms with E-state index in [0.717, 1.165) is 24.1 Å². The fourth-order valence-electron chi connectivity index (χ4n) is 3.14. The zero-order valence-electron chi connectivity index (χ0n) is 13.0. The van der Waals surface area contributed by atoms with Crippen LogP contribution in [0.2, 0.25) is 0 Å². The highest BCUT2D eigenvalue weighted by Gasteiger charge is 2.25. The van der Waals surface area contributed by atoms with Crippen LogP contribution in [0.5, 0.6) is 0 Å². The lowest BCUT2D eigenvalue weighted by Gasteiger charge is -2.27. The molecule has 0 saturated carbocycles. The zero-order chi connectivity index (χ0) is 15.4. The SMILES string of the molecule is Cc1ccccc1C(=O)NC[C@@H]1CCCN1c1ccccc1. The van der Waals surface area contributed by atoms with E-state index in [0.29, 0.717) is 12.6 Å². The Bertz CT molecular complexity index is 639. The van der Waals surface area contributed by atoms with Gasteiger partial charge in [0.25, 0.3) is 5.91 Å². The number of hydrogen-bond acceptors (Lipinski definition) is 2. The number of nitrogens with zero attached hydrogens (tertiary/aromatic N) is 1. The third-order valence-corrected chi connectivity index (χ3v) is 4.35. The van der Waals surface area contributed by atoms with Crippen molar-refractivity contribution >= 4 is 11.6 Å². The number of aryl methyl sites for hydroxylation is 1. The van der Waals surface area contributed by atoms with Crippen molar-refractivity contribution in [3.8, 4) is 0 Å². The van der Waals surface area contributed by atoms with Crippen molar-refractivity contribution in [2.45, 2.75) is 25.8 Å². The van der Waals surface area contributed by atoms with Gasteiger partial charge in [0, 0.05) is 30.4 Å². The first kappa shape index (κ1) is 14.6.